The van der Waals surface area contributed by atoms with Crippen LogP contribution in [0.3, 0.4) is 0 Å². The highest BCUT2D eigenvalue weighted by Crippen LogP contribution is 2.39. The first-order valence-electron chi connectivity index (χ1n) is 4.71. The van der Waals surface area contributed by atoms with Crippen LogP contribution in [0.25, 0.3) is 0 Å². The van der Waals surface area contributed by atoms with Crippen molar-refractivity contribution in [2.24, 2.45) is 5.73 Å². The van der Waals surface area contributed by atoms with Crippen LogP contribution in [-0.4, -0.2) is 5.11 Å². The van der Waals surface area contributed by atoms with Crippen molar-refractivity contribution in [2.75, 3.05) is 0 Å². The first-order valence-corrected chi connectivity index (χ1v) is 4.71. The number of aromatic hydroxyl groups is 1. The summed E-state index contributed by atoms with van der Waals surface area (Å²) in [4.78, 5) is 0. The Morgan fingerprint density at radius 3 is 2.54 bits per heavy atom. The van der Waals surface area contributed by atoms with E-state index >= 15 is 0 Å². The molecule has 1 saturated carbocycles. The molecule has 70 valence electrons. The van der Waals surface area contributed by atoms with Crippen LogP contribution in [-0.2, 0) is 5.54 Å². The van der Waals surface area contributed by atoms with Crippen molar-refractivity contribution in [2.45, 2.75) is 31.7 Å². The maximum Gasteiger partial charge on any atom is 0.118 e. The molecule has 1 fully saturated rings. The van der Waals surface area contributed by atoms with E-state index in [2.05, 4.69) is 0 Å². The summed E-state index contributed by atoms with van der Waals surface area (Å²) in [5, 5.41) is 9.53. The van der Waals surface area contributed by atoms with Gasteiger partial charge in [-0.3, -0.25) is 0 Å². The summed E-state index contributed by atoms with van der Waals surface area (Å²) < 4.78 is 0. The average Bonchev–Trinajstić information content (AvgIpc) is 2.06. The zero-order chi connectivity index (χ0) is 9.47. The van der Waals surface area contributed by atoms with Gasteiger partial charge in [-0.15, -0.1) is 0 Å². The summed E-state index contributed by atoms with van der Waals surface area (Å²) in [5.41, 5.74) is 7.95. The summed E-state index contributed by atoms with van der Waals surface area (Å²) in [6.45, 7) is 1.89. The van der Waals surface area contributed by atoms with E-state index in [-0.39, 0.29) is 5.54 Å². The van der Waals surface area contributed by atoms with Crippen molar-refractivity contribution in [1.29, 1.82) is 0 Å². The van der Waals surface area contributed by atoms with E-state index in [1.807, 2.05) is 19.1 Å². The van der Waals surface area contributed by atoms with E-state index in [4.69, 9.17) is 5.73 Å². The fraction of sp³-hybridized carbons (Fsp3) is 0.455. The molecule has 0 amide bonds. The Morgan fingerprint density at radius 2 is 2.08 bits per heavy atom. The zero-order valence-electron chi connectivity index (χ0n) is 7.88. The van der Waals surface area contributed by atoms with Gasteiger partial charge in [-0.1, -0.05) is 12.1 Å². The first-order chi connectivity index (χ1) is 6.12. The van der Waals surface area contributed by atoms with Gasteiger partial charge in [0, 0.05) is 5.54 Å². The monoisotopic (exact) mass is 177 g/mol. The molecule has 0 spiro atoms. The molecule has 0 radical (unpaired) electrons. The topological polar surface area (TPSA) is 46.2 Å². The lowest BCUT2D eigenvalue weighted by molar-refractivity contribution is 0.253. The molecule has 0 aliphatic heterocycles. The molecule has 0 unspecified atom stereocenters. The van der Waals surface area contributed by atoms with Crippen LogP contribution in [0.4, 0.5) is 0 Å². The van der Waals surface area contributed by atoms with Crippen LogP contribution in [0.1, 0.15) is 30.4 Å². The van der Waals surface area contributed by atoms with Gasteiger partial charge >= 0.3 is 0 Å². The Bertz CT molecular complexity index is 329. The average molecular weight is 177 g/mol. The largest absolute Gasteiger partial charge is 0.508 e. The number of aryl methyl sites for hydroxylation is 1. The molecule has 0 bridgehead atoms. The second kappa shape index (κ2) is 2.74. The van der Waals surface area contributed by atoms with Crippen LogP contribution < -0.4 is 5.73 Å². The molecule has 3 N–H and O–H groups in total. The molecule has 13 heavy (non-hydrogen) atoms. The second-order valence-corrected chi connectivity index (χ2v) is 4.01. The molecule has 1 aromatic rings. The van der Waals surface area contributed by atoms with Gasteiger partial charge in [-0.05, 0) is 43.4 Å². The Hall–Kier alpha value is -1.02. The number of hydrogen-bond donors (Lipinski definition) is 2. The van der Waals surface area contributed by atoms with E-state index in [1.165, 1.54) is 6.42 Å². The Kier molecular flexibility index (Phi) is 1.81. The summed E-state index contributed by atoms with van der Waals surface area (Å²) in [7, 11) is 0. The number of nitrogens with two attached hydrogens (primary N) is 1. The predicted molar refractivity (Wildman–Crippen MR) is 52.6 cm³/mol. The number of hydrogen-bond acceptors (Lipinski definition) is 2. The van der Waals surface area contributed by atoms with Gasteiger partial charge in [0.25, 0.3) is 0 Å². The number of phenolic OH excluding ortho intramolecular Hbond substituents is 1. The van der Waals surface area contributed by atoms with Gasteiger partial charge in [0.1, 0.15) is 5.75 Å². The minimum Gasteiger partial charge on any atom is -0.508 e. The van der Waals surface area contributed by atoms with Gasteiger partial charge in [-0.2, -0.15) is 0 Å². The van der Waals surface area contributed by atoms with Crippen molar-refractivity contribution < 1.29 is 5.11 Å². The third-order valence-corrected chi connectivity index (χ3v) is 3.03. The minimum atomic E-state index is -0.162. The smallest absolute Gasteiger partial charge is 0.118 e. The highest BCUT2D eigenvalue weighted by atomic mass is 16.3. The molecule has 1 aliphatic carbocycles. The van der Waals surface area contributed by atoms with E-state index in [1.54, 1.807) is 6.07 Å². The normalized spacial score (nSPS) is 19.5. The zero-order valence-corrected chi connectivity index (χ0v) is 7.88. The van der Waals surface area contributed by atoms with Gasteiger partial charge in [0.2, 0.25) is 0 Å². The lowest BCUT2D eigenvalue weighted by Crippen LogP contribution is -2.43. The SMILES string of the molecule is Cc1ccc(C2(N)CCC2)cc1O. The predicted octanol–water partition coefficient (Wildman–Crippen LogP) is 2.04. The number of phenols is 1. The molecule has 2 nitrogen and oxygen atoms in total. The van der Waals surface area contributed by atoms with Crippen LogP contribution in [0.15, 0.2) is 18.2 Å². The van der Waals surface area contributed by atoms with Crippen molar-refractivity contribution in [3.63, 3.8) is 0 Å². The van der Waals surface area contributed by atoms with Crippen LogP contribution in [0, 0.1) is 6.92 Å². The molecular weight excluding hydrogens is 162 g/mol. The Labute approximate surface area is 78.4 Å². The number of benzene rings is 1. The minimum absolute atomic E-state index is 0.162. The molecule has 0 atom stereocenters. The fourth-order valence-corrected chi connectivity index (χ4v) is 1.77. The van der Waals surface area contributed by atoms with Crippen LogP contribution >= 0.6 is 0 Å². The van der Waals surface area contributed by atoms with Crippen molar-refractivity contribution in [3.05, 3.63) is 29.3 Å². The highest BCUT2D eigenvalue weighted by molar-refractivity contribution is 5.39. The standard InChI is InChI=1S/C11H15NO/c1-8-3-4-9(7-10(8)13)11(12)5-2-6-11/h3-4,7,13H,2,5-6,12H2,1H3. The summed E-state index contributed by atoms with van der Waals surface area (Å²) in [5.74, 6) is 0.356. The third-order valence-electron chi connectivity index (χ3n) is 3.03. The van der Waals surface area contributed by atoms with Crippen molar-refractivity contribution in [1.82, 2.24) is 0 Å². The molecule has 1 aromatic carbocycles. The van der Waals surface area contributed by atoms with Gasteiger partial charge in [0.05, 0.1) is 0 Å². The lowest BCUT2D eigenvalue weighted by Gasteiger charge is -2.38. The van der Waals surface area contributed by atoms with Crippen LogP contribution in [0.5, 0.6) is 5.75 Å². The fourth-order valence-electron chi connectivity index (χ4n) is 1.77. The first kappa shape index (κ1) is 8.57. The summed E-state index contributed by atoms with van der Waals surface area (Å²) in [6.07, 6.45) is 3.27. The number of rotatable bonds is 1. The van der Waals surface area contributed by atoms with Crippen molar-refractivity contribution >= 4 is 0 Å². The molecule has 0 aromatic heterocycles. The van der Waals surface area contributed by atoms with Crippen LogP contribution in [0.2, 0.25) is 0 Å². The van der Waals surface area contributed by atoms with E-state index in [0.29, 0.717) is 5.75 Å². The maximum absolute atomic E-state index is 9.53. The molecular formula is C11H15NO. The lowest BCUT2D eigenvalue weighted by atomic mass is 9.72. The van der Waals surface area contributed by atoms with E-state index in [0.717, 1.165) is 24.0 Å². The Balaban J connectivity index is 2.36. The molecule has 2 heteroatoms. The quantitative estimate of drug-likeness (QED) is 0.689. The van der Waals surface area contributed by atoms with E-state index in [9.17, 15) is 5.11 Å². The summed E-state index contributed by atoms with van der Waals surface area (Å²) >= 11 is 0. The maximum atomic E-state index is 9.53. The molecule has 0 heterocycles. The van der Waals surface area contributed by atoms with Gasteiger partial charge < -0.3 is 10.8 Å². The highest BCUT2D eigenvalue weighted by Gasteiger charge is 2.34. The molecule has 1 aliphatic rings. The third kappa shape index (κ3) is 1.31. The van der Waals surface area contributed by atoms with Crippen molar-refractivity contribution in [3.8, 4) is 5.75 Å². The van der Waals surface area contributed by atoms with E-state index < -0.39 is 0 Å². The molecule has 0 saturated heterocycles. The second-order valence-electron chi connectivity index (χ2n) is 4.01. The van der Waals surface area contributed by atoms with Gasteiger partial charge in [0.15, 0.2) is 0 Å². The van der Waals surface area contributed by atoms with Gasteiger partial charge in [-0.25, -0.2) is 0 Å². The molecule has 2 rings (SSSR count). The Morgan fingerprint density at radius 1 is 1.38 bits per heavy atom. The summed E-state index contributed by atoms with van der Waals surface area (Å²) in [6, 6.07) is 5.75.